The zero-order chi connectivity index (χ0) is 22.0. The molecule has 2 aromatic rings. The summed E-state index contributed by atoms with van der Waals surface area (Å²) in [5.41, 5.74) is -0.150. The van der Waals surface area contributed by atoms with Crippen molar-refractivity contribution in [3.05, 3.63) is 59.2 Å². The first-order valence-corrected chi connectivity index (χ1v) is 9.55. The van der Waals surface area contributed by atoms with Crippen LogP contribution in [0.3, 0.4) is 0 Å². The Morgan fingerprint density at radius 1 is 0.833 bits per heavy atom. The molecule has 1 aliphatic rings. The van der Waals surface area contributed by atoms with Crippen molar-refractivity contribution in [2.45, 2.75) is 25.9 Å². The average molecular weight is 418 g/mol. The lowest BCUT2D eigenvalue weighted by molar-refractivity contribution is 0.0249. The standard InChI is InChI=1S/C22H24F2N2O4/c1-13-11-25(21(27)18-9-15(29-3)6-8-19(18)23)12-14(2)26(13)22(28)17-7-5-16(30-4)10-20(17)24/h5-10,13-14H,11-12H2,1-4H3/t13-,14+. The third-order valence-electron chi connectivity index (χ3n) is 5.25. The number of rotatable bonds is 4. The molecule has 6 nitrogen and oxygen atoms in total. The Morgan fingerprint density at radius 2 is 1.40 bits per heavy atom. The van der Waals surface area contributed by atoms with E-state index in [1.807, 2.05) is 0 Å². The molecule has 0 aliphatic carbocycles. The number of benzene rings is 2. The number of ether oxygens (including phenoxy) is 2. The van der Waals surface area contributed by atoms with Gasteiger partial charge in [0.1, 0.15) is 23.1 Å². The Balaban J connectivity index is 1.80. The molecule has 0 unspecified atom stereocenters. The van der Waals surface area contributed by atoms with Crippen LogP contribution in [0.25, 0.3) is 0 Å². The monoisotopic (exact) mass is 418 g/mol. The lowest BCUT2D eigenvalue weighted by Gasteiger charge is -2.44. The second kappa shape index (κ2) is 8.69. The van der Waals surface area contributed by atoms with Gasteiger partial charge in [0.25, 0.3) is 11.8 Å². The van der Waals surface area contributed by atoms with E-state index in [-0.39, 0.29) is 36.3 Å². The number of hydrogen-bond acceptors (Lipinski definition) is 4. The Hall–Kier alpha value is -3.16. The molecule has 2 amide bonds. The van der Waals surface area contributed by atoms with Crippen LogP contribution in [0.1, 0.15) is 34.6 Å². The van der Waals surface area contributed by atoms with Gasteiger partial charge < -0.3 is 19.3 Å². The van der Waals surface area contributed by atoms with Crippen LogP contribution in [0.4, 0.5) is 8.78 Å². The number of piperazine rings is 1. The summed E-state index contributed by atoms with van der Waals surface area (Å²) in [7, 11) is 2.86. The molecular weight excluding hydrogens is 394 g/mol. The fourth-order valence-corrected chi connectivity index (χ4v) is 3.79. The van der Waals surface area contributed by atoms with Crippen molar-refractivity contribution in [1.82, 2.24) is 9.80 Å². The van der Waals surface area contributed by atoms with Gasteiger partial charge in [0, 0.05) is 31.2 Å². The van der Waals surface area contributed by atoms with Crippen molar-refractivity contribution >= 4 is 11.8 Å². The maximum absolute atomic E-state index is 14.4. The second-order valence-corrected chi connectivity index (χ2v) is 7.31. The number of methoxy groups -OCH3 is 2. The van der Waals surface area contributed by atoms with Gasteiger partial charge in [-0.15, -0.1) is 0 Å². The highest BCUT2D eigenvalue weighted by Gasteiger charge is 2.36. The van der Waals surface area contributed by atoms with Crippen LogP contribution < -0.4 is 9.47 Å². The molecule has 8 heteroatoms. The maximum Gasteiger partial charge on any atom is 0.257 e. The van der Waals surface area contributed by atoms with Crippen LogP contribution in [0, 0.1) is 11.6 Å². The van der Waals surface area contributed by atoms with Gasteiger partial charge in [0.05, 0.1) is 25.3 Å². The summed E-state index contributed by atoms with van der Waals surface area (Å²) in [6, 6.07) is 7.28. The largest absolute Gasteiger partial charge is 0.497 e. The van der Waals surface area contributed by atoms with Crippen LogP contribution in [0.2, 0.25) is 0 Å². The second-order valence-electron chi connectivity index (χ2n) is 7.31. The van der Waals surface area contributed by atoms with Crippen LogP contribution in [-0.2, 0) is 0 Å². The van der Waals surface area contributed by atoms with Gasteiger partial charge in [0.15, 0.2) is 0 Å². The maximum atomic E-state index is 14.4. The molecular formula is C22H24F2N2O4. The Morgan fingerprint density at radius 3 is 1.97 bits per heavy atom. The Bertz CT molecular complexity index is 954. The number of halogens is 2. The van der Waals surface area contributed by atoms with Crippen molar-refractivity contribution in [2.24, 2.45) is 0 Å². The summed E-state index contributed by atoms with van der Waals surface area (Å²) in [6.07, 6.45) is 0. The van der Waals surface area contributed by atoms with Gasteiger partial charge in [-0.1, -0.05) is 0 Å². The number of hydrogen-bond donors (Lipinski definition) is 0. The van der Waals surface area contributed by atoms with E-state index in [2.05, 4.69) is 0 Å². The van der Waals surface area contributed by atoms with Crippen molar-refractivity contribution in [3.63, 3.8) is 0 Å². The highest BCUT2D eigenvalue weighted by Crippen LogP contribution is 2.25. The summed E-state index contributed by atoms with van der Waals surface area (Å²) >= 11 is 0. The summed E-state index contributed by atoms with van der Waals surface area (Å²) < 4.78 is 38.7. The molecule has 1 aliphatic heterocycles. The molecule has 0 radical (unpaired) electrons. The number of amides is 2. The summed E-state index contributed by atoms with van der Waals surface area (Å²) in [5.74, 6) is -1.55. The number of nitrogens with zero attached hydrogens (tertiary/aromatic N) is 2. The molecule has 0 N–H and O–H groups in total. The summed E-state index contributed by atoms with van der Waals surface area (Å²) in [5, 5.41) is 0. The smallest absolute Gasteiger partial charge is 0.257 e. The third kappa shape index (κ3) is 4.08. The average Bonchev–Trinajstić information content (AvgIpc) is 2.72. The minimum absolute atomic E-state index is 0.0619. The molecule has 0 saturated carbocycles. The van der Waals surface area contributed by atoms with E-state index in [0.29, 0.717) is 11.5 Å². The molecule has 2 atom stereocenters. The van der Waals surface area contributed by atoms with E-state index in [1.54, 1.807) is 18.7 Å². The highest BCUT2D eigenvalue weighted by atomic mass is 19.1. The van der Waals surface area contributed by atoms with Gasteiger partial charge >= 0.3 is 0 Å². The van der Waals surface area contributed by atoms with Crippen molar-refractivity contribution in [1.29, 1.82) is 0 Å². The molecule has 1 fully saturated rings. The molecule has 2 aromatic carbocycles. The van der Waals surface area contributed by atoms with E-state index < -0.39 is 23.4 Å². The normalized spacial score (nSPS) is 18.9. The molecule has 160 valence electrons. The summed E-state index contributed by atoms with van der Waals surface area (Å²) in [4.78, 5) is 28.9. The number of carbonyl (C=O) groups is 2. The van der Waals surface area contributed by atoms with Crippen LogP contribution in [0.15, 0.2) is 36.4 Å². The van der Waals surface area contributed by atoms with Gasteiger partial charge in [-0.2, -0.15) is 0 Å². The zero-order valence-corrected chi connectivity index (χ0v) is 17.3. The van der Waals surface area contributed by atoms with Gasteiger partial charge in [0.2, 0.25) is 0 Å². The molecule has 0 aromatic heterocycles. The van der Waals surface area contributed by atoms with E-state index >= 15 is 0 Å². The van der Waals surface area contributed by atoms with Crippen molar-refractivity contribution in [3.8, 4) is 11.5 Å². The quantitative estimate of drug-likeness (QED) is 0.764. The van der Waals surface area contributed by atoms with E-state index in [4.69, 9.17) is 9.47 Å². The van der Waals surface area contributed by atoms with Gasteiger partial charge in [-0.05, 0) is 44.2 Å². The third-order valence-corrected chi connectivity index (χ3v) is 5.25. The Kier molecular flexibility index (Phi) is 6.24. The van der Waals surface area contributed by atoms with Gasteiger partial charge in [-0.25, -0.2) is 8.78 Å². The lowest BCUT2D eigenvalue weighted by atomic mass is 10.0. The number of carbonyl (C=O) groups excluding carboxylic acids is 2. The Labute approximate surface area is 174 Å². The van der Waals surface area contributed by atoms with Crippen LogP contribution >= 0.6 is 0 Å². The minimum Gasteiger partial charge on any atom is -0.497 e. The fourth-order valence-electron chi connectivity index (χ4n) is 3.79. The molecule has 0 spiro atoms. The molecule has 30 heavy (non-hydrogen) atoms. The first-order chi connectivity index (χ1) is 14.3. The van der Waals surface area contributed by atoms with E-state index in [9.17, 15) is 18.4 Å². The molecule has 0 bridgehead atoms. The first kappa shape index (κ1) is 21.5. The highest BCUT2D eigenvalue weighted by molar-refractivity contribution is 5.97. The van der Waals surface area contributed by atoms with Crippen molar-refractivity contribution < 1.29 is 27.8 Å². The topological polar surface area (TPSA) is 59.1 Å². The molecule has 1 heterocycles. The fraction of sp³-hybridized carbons (Fsp3) is 0.364. The first-order valence-electron chi connectivity index (χ1n) is 9.55. The van der Waals surface area contributed by atoms with Crippen molar-refractivity contribution in [2.75, 3.05) is 27.3 Å². The van der Waals surface area contributed by atoms with Gasteiger partial charge in [-0.3, -0.25) is 9.59 Å². The van der Waals surface area contributed by atoms with Crippen LogP contribution in [0.5, 0.6) is 11.5 Å². The van der Waals surface area contributed by atoms with E-state index in [1.165, 1.54) is 49.5 Å². The molecule has 3 rings (SSSR count). The zero-order valence-electron chi connectivity index (χ0n) is 17.3. The summed E-state index contributed by atoms with van der Waals surface area (Å²) in [6.45, 7) is 3.95. The molecule has 1 saturated heterocycles. The predicted octanol–water partition coefficient (Wildman–Crippen LogP) is 3.36. The van der Waals surface area contributed by atoms with E-state index in [0.717, 1.165) is 6.07 Å². The lowest BCUT2D eigenvalue weighted by Crippen LogP contribution is -2.60. The predicted molar refractivity (Wildman–Crippen MR) is 107 cm³/mol. The minimum atomic E-state index is -0.671. The SMILES string of the molecule is COc1ccc(C(=O)N2[C@H](C)CN(C(=O)c3cc(OC)ccc3F)C[C@@H]2C)c(F)c1. The van der Waals surface area contributed by atoms with Crippen LogP contribution in [-0.4, -0.2) is 61.0 Å².